The van der Waals surface area contributed by atoms with Crippen LogP contribution < -0.4 is 11.1 Å². The van der Waals surface area contributed by atoms with Crippen LogP contribution in [0.5, 0.6) is 0 Å². The van der Waals surface area contributed by atoms with E-state index in [4.69, 9.17) is 10.9 Å². The van der Waals surface area contributed by atoms with Crippen molar-refractivity contribution in [2.24, 2.45) is 17.9 Å². The zero-order chi connectivity index (χ0) is 12.1. The molecule has 0 aromatic carbocycles. The predicted octanol–water partition coefficient (Wildman–Crippen LogP) is 0.343. The van der Waals surface area contributed by atoms with Crippen LogP contribution in [0.3, 0.4) is 0 Å². The van der Waals surface area contributed by atoms with E-state index in [0.717, 1.165) is 17.7 Å². The van der Waals surface area contributed by atoms with Gasteiger partial charge in [-0.15, -0.1) is 0 Å². The van der Waals surface area contributed by atoms with Crippen molar-refractivity contribution in [1.82, 2.24) is 15.1 Å². The molecule has 0 fully saturated rings. The number of amidine groups is 1. The minimum absolute atomic E-state index is 0.107. The molecule has 0 spiro atoms. The van der Waals surface area contributed by atoms with Gasteiger partial charge in [0.05, 0.1) is 11.7 Å². The van der Waals surface area contributed by atoms with Crippen LogP contribution in [0.4, 0.5) is 0 Å². The van der Waals surface area contributed by atoms with Gasteiger partial charge in [0.25, 0.3) is 0 Å². The Morgan fingerprint density at radius 3 is 2.88 bits per heavy atom. The minimum Gasteiger partial charge on any atom is -0.409 e. The van der Waals surface area contributed by atoms with Gasteiger partial charge in [0.2, 0.25) is 0 Å². The van der Waals surface area contributed by atoms with E-state index < -0.39 is 0 Å². The van der Waals surface area contributed by atoms with Gasteiger partial charge in [-0.05, 0) is 13.3 Å². The largest absolute Gasteiger partial charge is 0.409 e. The summed E-state index contributed by atoms with van der Waals surface area (Å²) < 4.78 is 1.77. The van der Waals surface area contributed by atoms with Crippen LogP contribution in [0, 0.1) is 6.92 Å². The SMILES string of the molecule is CCC(NCc1cn(C)nc1C)C(N)=NO. The summed E-state index contributed by atoms with van der Waals surface area (Å²) in [7, 11) is 1.89. The molecular formula is C10H19N5O. The Morgan fingerprint density at radius 2 is 2.44 bits per heavy atom. The van der Waals surface area contributed by atoms with Gasteiger partial charge >= 0.3 is 0 Å². The number of oxime groups is 1. The van der Waals surface area contributed by atoms with E-state index in [0.29, 0.717) is 6.54 Å². The molecule has 0 aliphatic rings. The summed E-state index contributed by atoms with van der Waals surface area (Å²) in [5.41, 5.74) is 7.66. The molecule has 1 aromatic heterocycles. The lowest BCUT2D eigenvalue weighted by Crippen LogP contribution is -2.40. The fourth-order valence-corrected chi connectivity index (χ4v) is 1.58. The fourth-order valence-electron chi connectivity index (χ4n) is 1.58. The molecule has 1 atom stereocenters. The van der Waals surface area contributed by atoms with Crippen molar-refractivity contribution in [2.75, 3.05) is 0 Å². The second-order valence-corrected chi connectivity index (χ2v) is 3.78. The van der Waals surface area contributed by atoms with Crippen molar-refractivity contribution in [3.8, 4) is 0 Å². The van der Waals surface area contributed by atoms with E-state index in [1.807, 2.05) is 27.1 Å². The Kier molecular flexibility index (Phi) is 4.30. The van der Waals surface area contributed by atoms with E-state index in [1.165, 1.54) is 0 Å². The lowest BCUT2D eigenvalue weighted by Gasteiger charge is -2.14. The van der Waals surface area contributed by atoms with E-state index in [9.17, 15) is 0 Å². The average molecular weight is 225 g/mol. The van der Waals surface area contributed by atoms with E-state index in [1.54, 1.807) is 4.68 Å². The van der Waals surface area contributed by atoms with Crippen molar-refractivity contribution < 1.29 is 5.21 Å². The van der Waals surface area contributed by atoms with Gasteiger partial charge in [0.1, 0.15) is 0 Å². The first-order valence-electron chi connectivity index (χ1n) is 5.28. The lowest BCUT2D eigenvalue weighted by atomic mass is 10.2. The summed E-state index contributed by atoms with van der Waals surface area (Å²) in [5, 5.41) is 19.1. The van der Waals surface area contributed by atoms with Crippen LogP contribution in [0.25, 0.3) is 0 Å². The first-order chi connectivity index (χ1) is 7.58. The molecule has 90 valence electrons. The monoisotopic (exact) mass is 225 g/mol. The fraction of sp³-hybridized carbons (Fsp3) is 0.600. The number of rotatable bonds is 5. The number of hydrogen-bond acceptors (Lipinski definition) is 4. The lowest BCUT2D eigenvalue weighted by molar-refractivity contribution is 0.314. The molecule has 0 amide bonds. The van der Waals surface area contributed by atoms with Crippen molar-refractivity contribution in [2.45, 2.75) is 32.9 Å². The number of nitrogens with one attached hydrogen (secondary N) is 1. The van der Waals surface area contributed by atoms with E-state index >= 15 is 0 Å². The summed E-state index contributed by atoms with van der Waals surface area (Å²) in [6, 6.07) is -0.107. The zero-order valence-electron chi connectivity index (χ0n) is 9.94. The molecular weight excluding hydrogens is 206 g/mol. The molecule has 0 aliphatic heterocycles. The number of aromatic nitrogens is 2. The number of hydrogen-bond donors (Lipinski definition) is 3. The smallest absolute Gasteiger partial charge is 0.156 e. The van der Waals surface area contributed by atoms with Crippen LogP contribution in [-0.4, -0.2) is 26.9 Å². The van der Waals surface area contributed by atoms with Gasteiger partial charge in [0, 0.05) is 25.4 Å². The Bertz CT molecular complexity index is 371. The highest BCUT2D eigenvalue weighted by Gasteiger charge is 2.12. The maximum Gasteiger partial charge on any atom is 0.156 e. The van der Waals surface area contributed by atoms with Gasteiger partial charge in [0.15, 0.2) is 5.84 Å². The summed E-state index contributed by atoms with van der Waals surface area (Å²) >= 11 is 0. The summed E-state index contributed by atoms with van der Waals surface area (Å²) in [6.45, 7) is 4.60. The first-order valence-corrected chi connectivity index (χ1v) is 5.28. The second kappa shape index (κ2) is 5.50. The third-order valence-corrected chi connectivity index (χ3v) is 2.53. The average Bonchev–Trinajstić information content (AvgIpc) is 2.58. The molecule has 16 heavy (non-hydrogen) atoms. The van der Waals surface area contributed by atoms with E-state index in [2.05, 4.69) is 15.6 Å². The minimum atomic E-state index is -0.107. The molecule has 1 unspecified atom stereocenters. The van der Waals surface area contributed by atoms with Crippen LogP contribution in [0.1, 0.15) is 24.6 Å². The first kappa shape index (κ1) is 12.5. The molecule has 6 heteroatoms. The van der Waals surface area contributed by atoms with Crippen molar-refractivity contribution >= 4 is 5.84 Å². The van der Waals surface area contributed by atoms with Crippen LogP contribution in [0.2, 0.25) is 0 Å². The summed E-state index contributed by atoms with van der Waals surface area (Å²) in [4.78, 5) is 0. The van der Waals surface area contributed by atoms with Gasteiger partial charge in [-0.1, -0.05) is 12.1 Å². The Hall–Kier alpha value is -1.56. The maximum absolute atomic E-state index is 8.60. The third kappa shape index (κ3) is 2.96. The van der Waals surface area contributed by atoms with E-state index in [-0.39, 0.29) is 11.9 Å². The predicted molar refractivity (Wildman–Crippen MR) is 62.3 cm³/mol. The molecule has 0 saturated heterocycles. The topological polar surface area (TPSA) is 88.5 Å². The van der Waals surface area contributed by atoms with Gasteiger partial charge in [-0.2, -0.15) is 5.10 Å². The van der Waals surface area contributed by atoms with Crippen molar-refractivity contribution in [3.05, 3.63) is 17.5 Å². The summed E-state index contributed by atoms with van der Waals surface area (Å²) in [5.74, 6) is 0.212. The zero-order valence-corrected chi connectivity index (χ0v) is 9.94. The Labute approximate surface area is 95.1 Å². The van der Waals surface area contributed by atoms with Crippen LogP contribution >= 0.6 is 0 Å². The molecule has 6 nitrogen and oxygen atoms in total. The molecule has 0 saturated carbocycles. The maximum atomic E-state index is 8.60. The Morgan fingerprint density at radius 1 is 1.75 bits per heavy atom. The number of nitrogens with two attached hydrogens (primary N) is 1. The van der Waals surface area contributed by atoms with Crippen LogP contribution in [-0.2, 0) is 13.6 Å². The normalized spacial score (nSPS) is 14.1. The molecule has 1 rings (SSSR count). The molecule has 4 N–H and O–H groups in total. The number of aryl methyl sites for hydroxylation is 2. The standard InChI is InChI=1S/C10H19N5O/c1-4-9(10(11)14-16)12-5-8-6-15(3)13-7(8)2/h6,9,12,16H,4-5H2,1-3H3,(H2,11,14). The highest BCUT2D eigenvalue weighted by Crippen LogP contribution is 2.05. The quantitative estimate of drug-likeness (QED) is 0.292. The number of nitrogens with zero attached hydrogens (tertiary/aromatic N) is 3. The van der Waals surface area contributed by atoms with Gasteiger partial charge in [-0.25, -0.2) is 0 Å². The second-order valence-electron chi connectivity index (χ2n) is 3.78. The molecule has 0 bridgehead atoms. The third-order valence-electron chi connectivity index (χ3n) is 2.53. The Balaban J connectivity index is 2.59. The molecule has 1 aromatic rings. The molecule has 1 heterocycles. The highest BCUT2D eigenvalue weighted by molar-refractivity contribution is 5.85. The van der Waals surface area contributed by atoms with Crippen molar-refractivity contribution in [3.63, 3.8) is 0 Å². The highest BCUT2D eigenvalue weighted by atomic mass is 16.4. The van der Waals surface area contributed by atoms with Gasteiger partial charge < -0.3 is 16.3 Å². The molecule has 0 radical (unpaired) electrons. The van der Waals surface area contributed by atoms with Crippen LogP contribution in [0.15, 0.2) is 11.4 Å². The molecule has 0 aliphatic carbocycles. The van der Waals surface area contributed by atoms with Gasteiger partial charge in [-0.3, -0.25) is 4.68 Å². The van der Waals surface area contributed by atoms with Crippen molar-refractivity contribution in [1.29, 1.82) is 0 Å². The summed E-state index contributed by atoms with van der Waals surface area (Å²) in [6.07, 6.45) is 2.73.